The van der Waals surface area contributed by atoms with Crippen molar-refractivity contribution in [2.45, 2.75) is 19.4 Å². The largest absolute Gasteiger partial charge is 0.479 e. The van der Waals surface area contributed by atoms with E-state index in [1.165, 1.54) is 6.07 Å². The molecular formula is C17H16Cl2FNO2. The van der Waals surface area contributed by atoms with E-state index >= 15 is 0 Å². The van der Waals surface area contributed by atoms with Gasteiger partial charge in [-0.2, -0.15) is 0 Å². The third-order valence-corrected chi connectivity index (χ3v) is 3.75. The standard InChI is InChI=1S/C17H16Cl2FNO2/c1-11(23-16-7-6-13(18)10-14(16)19)17(22)21-9-8-12-4-2-3-5-15(12)20/h2-7,10-11H,8-9H2,1H3,(H,21,22). The zero-order chi connectivity index (χ0) is 16.8. The fourth-order valence-electron chi connectivity index (χ4n) is 1.98. The first-order chi connectivity index (χ1) is 11.0. The molecule has 2 aromatic carbocycles. The molecule has 0 saturated heterocycles. The number of benzene rings is 2. The third-order valence-electron chi connectivity index (χ3n) is 3.22. The summed E-state index contributed by atoms with van der Waals surface area (Å²) in [5.74, 6) is -0.195. The maximum absolute atomic E-state index is 13.5. The maximum atomic E-state index is 13.5. The summed E-state index contributed by atoms with van der Waals surface area (Å²) >= 11 is 11.8. The first kappa shape index (κ1) is 17.6. The van der Waals surface area contributed by atoms with Crippen LogP contribution in [-0.2, 0) is 11.2 Å². The second-order valence-electron chi connectivity index (χ2n) is 4.97. The van der Waals surface area contributed by atoms with Crippen LogP contribution in [0.2, 0.25) is 10.0 Å². The Morgan fingerprint density at radius 3 is 2.70 bits per heavy atom. The molecule has 6 heteroatoms. The number of amides is 1. The quantitative estimate of drug-likeness (QED) is 0.840. The number of nitrogens with one attached hydrogen (secondary N) is 1. The monoisotopic (exact) mass is 355 g/mol. The van der Waals surface area contributed by atoms with Gasteiger partial charge in [-0.3, -0.25) is 4.79 Å². The minimum absolute atomic E-state index is 0.279. The van der Waals surface area contributed by atoms with Gasteiger partial charge >= 0.3 is 0 Å². The van der Waals surface area contributed by atoms with Crippen LogP contribution in [0.4, 0.5) is 4.39 Å². The zero-order valence-corrected chi connectivity index (χ0v) is 14.0. The Bertz CT molecular complexity index is 694. The van der Waals surface area contributed by atoms with Gasteiger partial charge in [0, 0.05) is 11.6 Å². The van der Waals surface area contributed by atoms with Crippen molar-refractivity contribution in [2.75, 3.05) is 6.54 Å². The molecule has 1 atom stereocenters. The lowest BCUT2D eigenvalue weighted by atomic mass is 10.1. The van der Waals surface area contributed by atoms with Crippen molar-refractivity contribution in [1.29, 1.82) is 0 Å². The molecule has 0 fully saturated rings. The van der Waals surface area contributed by atoms with E-state index in [-0.39, 0.29) is 11.7 Å². The van der Waals surface area contributed by atoms with Gasteiger partial charge in [-0.15, -0.1) is 0 Å². The minimum atomic E-state index is -0.728. The van der Waals surface area contributed by atoms with Crippen molar-refractivity contribution < 1.29 is 13.9 Å². The summed E-state index contributed by atoms with van der Waals surface area (Å²) in [6.07, 6.45) is -0.318. The predicted octanol–water partition coefficient (Wildman–Crippen LogP) is 4.26. The number of rotatable bonds is 6. The van der Waals surface area contributed by atoms with Crippen LogP contribution in [0.25, 0.3) is 0 Å². The summed E-state index contributed by atoms with van der Waals surface area (Å²) in [5, 5.41) is 3.54. The molecule has 2 aromatic rings. The van der Waals surface area contributed by atoms with Crippen LogP contribution in [0.5, 0.6) is 5.75 Å². The van der Waals surface area contributed by atoms with Gasteiger partial charge in [-0.25, -0.2) is 4.39 Å². The van der Waals surface area contributed by atoms with Gasteiger partial charge in [0.15, 0.2) is 6.10 Å². The van der Waals surface area contributed by atoms with E-state index in [1.54, 1.807) is 43.3 Å². The molecule has 0 spiro atoms. The van der Waals surface area contributed by atoms with Crippen molar-refractivity contribution >= 4 is 29.1 Å². The van der Waals surface area contributed by atoms with Crippen molar-refractivity contribution in [3.63, 3.8) is 0 Å². The summed E-state index contributed by atoms with van der Waals surface area (Å²) in [7, 11) is 0. The normalized spacial score (nSPS) is 11.8. The summed E-state index contributed by atoms with van der Waals surface area (Å²) in [6.45, 7) is 1.94. The molecule has 122 valence electrons. The Balaban J connectivity index is 1.84. The van der Waals surface area contributed by atoms with Gasteiger partial charge in [0.2, 0.25) is 0 Å². The Morgan fingerprint density at radius 2 is 2.00 bits per heavy atom. The van der Waals surface area contributed by atoms with Crippen LogP contribution in [0, 0.1) is 5.82 Å². The van der Waals surface area contributed by atoms with Gasteiger partial charge in [-0.1, -0.05) is 41.4 Å². The second kappa shape index (κ2) is 8.18. The molecule has 23 heavy (non-hydrogen) atoms. The number of halogens is 3. The Labute approximate surface area is 144 Å². The lowest BCUT2D eigenvalue weighted by Gasteiger charge is -2.15. The predicted molar refractivity (Wildman–Crippen MR) is 89.7 cm³/mol. The maximum Gasteiger partial charge on any atom is 0.260 e. The summed E-state index contributed by atoms with van der Waals surface area (Å²) < 4.78 is 19.0. The first-order valence-electron chi connectivity index (χ1n) is 7.10. The Morgan fingerprint density at radius 1 is 1.26 bits per heavy atom. The Hall–Kier alpha value is -1.78. The molecule has 1 amide bonds. The first-order valence-corrected chi connectivity index (χ1v) is 7.86. The van der Waals surface area contributed by atoms with E-state index in [1.807, 2.05) is 0 Å². The number of ether oxygens (including phenoxy) is 1. The van der Waals surface area contributed by atoms with Crippen LogP contribution in [0.15, 0.2) is 42.5 Å². The van der Waals surface area contributed by atoms with Crippen molar-refractivity contribution in [3.05, 3.63) is 63.9 Å². The van der Waals surface area contributed by atoms with E-state index in [0.29, 0.717) is 34.3 Å². The van der Waals surface area contributed by atoms with Gasteiger partial charge in [0.25, 0.3) is 5.91 Å². The number of hydrogen-bond donors (Lipinski definition) is 1. The van der Waals surface area contributed by atoms with Crippen LogP contribution in [-0.4, -0.2) is 18.6 Å². The molecular weight excluding hydrogens is 340 g/mol. The highest BCUT2D eigenvalue weighted by Gasteiger charge is 2.16. The molecule has 3 nitrogen and oxygen atoms in total. The average Bonchev–Trinajstić information content (AvgIpc) is 2.51. The smallest absolute Gasteiger partial charge is 0.260 e. The van der Waals surface area contributed by atoms with E-state index < -0.39 is 6.10 Å². The molecule has 2 rings (SSSR count). The molecule has 0 heterocycles. The van der Waals surface area contributed by atoms with Gasteiger partial charge in [0.05, 0.1) is 5.02 Å². The zero-order valence-electron chi connectivity index (χ0n) is 12.5. The van der Waals surface area contributed by atoms with E-state index in [9.17, 15) is 9.18 Å². The molecule has 0 saturated carbocycles. The van der Waals surface area contributed by atoms with Crippen LogP contribution >= 0.6 is 23.2 Å². The Kier molecular flexibility index (Phi) is 6.25. The van der Waals surface area contributed by atoms with Crippen molar-refractivity contribution in [2.24, 2.45) is 0 Å². The summed E-state index contributed by atoms with van der Waals surface area (Å²) in [4.78, 5) is 12.0. The summed E-state index contributed by atoms with van der Waals surface area (Å²) in [6, 6.07) is 11.2. The average molecular weight is 356 g/mol. The van der Waals surface area contributed by atoms with Crippen LogP contribution < -0.4 is 10.1 Å². The van der Waals surface area contributed by atoms with E-state index in [2.05, 4.69) is 5.32 Å². The molecule has 0 aromatic heterocycles. The van der Waals surface area contributed by atoms with Crippen LogP contribution in [0.1, 0.15) is 12.5 Å². The molecule has 0 aliphatic carbocycles. The van der Waals surface area contributed by atoms with E-state index in [4.69, 9.17) is 27.9 Å². The second-order valence-corrected chi connectivity index (χ2v) is 5.81. The molecule has 0 aliphatic heterocycles. The van der Waals surface area contributed by atoms with E-state index in [0.717, 1.165) is 0 Å². The molecule has 0 radical (unpaired) electrons. The SMILES string of the molecule is CC(Oc1ccc(Cl)cc1Cl)C(=O)NCCc1ccccc1F. The van der Waals surface area contributed by atoms with Gasteiger partial charge < -0.3 is 10.1 Å². The highest BCUT2D eigenvalue weighted by Crippen LogP contribution is 2.28. The number of carbonyl (C=O) groups excluding carboxylic acids is 1. The fraction of sp³-hybridized carbons (Fsp3) is 0.235. The van der Waals surface area contributed by atoms with Gasteiger partial charge in [0.1, 0.15) is 11.6 Å². The number of hydrogen-bond acceptors (Lipinski definition) is 2. The minimum Gasteiger partial charge on any atom is -0.479 e. The summed E-state index contributed by atoms with van der Waals surface area (Å²) in [5.41, 5.74) is 0.558. The topological polar surface area (TPSA) is 38.3 Å². The lowest BCUT2D eigenvalue weighted by molar-refractivity contribution is -0.127. The highest BCUT2D eigenvalue weighted by atomic mass is 35.5. The van der Waals surface area contributed by atoms with Crippen molar-refractivity contribution in [3.8, 4) is 5.75 Å². The molecule has 1 unspecified atom stereocenters. The fourth-order valence-corrected chi connectivity index (χ4v) is 2.43. The van der Waals surface area contributed by atoms with Gasteiger partial charge in [-0.05, 0) is 43.2 Å². The number of carbonyl (C=O) groups is 1. The molecule has 0 bridgehead atoms. The highest BCUT2D eigenvalue weighted by molar-refractivity contribution is 6.35. The lowest BCUT2D eigenvalue weighted by Crippen LogP contribution is -2.37. The van der Waals surface area contributed by atoms with Crippen molar-refractivity contribution in [1.82, 2.24) is 5.32 Å². The molecule has 0 aliphatic rings. The third kappa shape index (κ3) is 5.12. The molecule has 1 N–H and O–H groups in total. The van der Waals surface area contributed by atoms with Crippen LogP contribution in [0.3, 0.4) is 0 Å².